The zero-order valence-corrected chi connectivity index (χ0v) is 9.80. The van der Waals surface area contributed by atoms with Gasteiger partial charge < -0.3 is 4.90 Å². The van der Waals surface area contributed by atoms with E-state index in [-0.39, 0.29) is 0 Å². The van der Waals surface area contributed by atoms with Crippen LogP contribution in [0.15, 0.2) is 24.3 Å². The number of alkyl halides is 3. The predicted molar refractivity (Wildman–Crippen MR) is 62.1 cm³/mol. The maximum absolute atomic E-state index is 12.4. The summed E-state index contributed by atoms with van der Waals surface area (Å²) in [5.74, 6) is 0.617. The molecule has 1 atom stereocenters. The Labute approximate surface area is 99.2 Å². The van der Waals surface area contributed by atoms with E-state index in [4.69, 9.17) is 0 Å². The van der Waals surface area contributed by atoms with Crippen molar-refractivity contribution in [3.05, 3.63) is 29.8 Å². The molecule has 0 bridgehead atoms. The van der Waals surface area contributed by atoms with Crippen LogP contribution in [0.1, 0.15) is 25.3 Å². The van der Waals surface area contributed by atoms with Crippen LogP contribution in [0.25, 0.3) is 0 Å². The zero-order valence-electron chi connectivity index (χ0n) is 9.80. The quantitative estimate of drug-likeness (QED) is 0.722. The Kier molecular flexibility index (Phi) is 3.31. The van der Waals surface area contributed by atoms with Crippen molar-refractivity contribution in [1.29, 1.82) is 0 Å². The summed E-state index contributed by atoms with van der Waals surface area (Å²) in [6.07, 6.45) is -1.92. The minimum absolute atomic E-state index is 0.577. The van der Waals surface area contributed by atoms with Gasteiger partial charge in [-0.15, -0.1) is 0 Å². The number of hydrogen-bond donors (Lipinski definition) is 0. The van der Waals surface area contributed by atoms with Crippen LogP contribution in [-0.4, -0.2) is 13.1 Å². The van der Waals surface area contributed by atoms with Gasteiger partial charge in [0.25, 0.3) is 0 Å². The second kappa shape index (κ2) is 4.59. The van der Waals surface area contributed by atoms with Crippen molar-refractivity contribution in [2.75, 3.05) is 18.0 Å². The third kappa shape index (κ3) is 2.93. The van der Waals surface area contributed by atoms with E-state index < -0.39 is 11.7 Å². The van der Waals surface area contributed by atoms with Gasteiger partial charge in [-0.2, -0.15) is 13.2 Å². The second-order valence-electron chi connectivity index (χ2n) is 4.74. The molecule has 0 aromatic heterocycles. The van der Waals surface area contributed by atoms with Crippen molar-refractivity contribution in [2.24, 2.45) is 5.92 Å². The van der Waals surface area contributed by atoms with Crippen LogP contribution in [0.4, 0.5) is 18.9 Å². The smallest absolute Gasteiger partial charge is 0.371 e. The minimum Gasteiger partial charge on any atom is -0.371 e. The standard InChI is InChI=1S/C13H16F3N/c1-10-3-2-8-17(9-10)12-6-4-11(5-7-12)13(14,15)16/h4-7,10H,2-3,8-9H2,1H3/t10-/m1/s1. The van der Waals surface area contributed by atoms with Gasteiger partial charge >= 0.3 is 6.18 Å². The van der Waals surface area contributed by atoms with E-state index in [2.05, 4.69) is 11.8 Å². The van der Waals surface area contributed by atoms with Crippen molar-refractivity contribution in [3.8, 4) is 0 Å². The Morgan fingerprint density at radius 1 is 1.18 bits per heavy atom. The van der Waals surface area contributed by atoms with Crippen molar-refractivity contribution in [3.63, 3.8) is 0 Å². The Hall–Kier alpha value is -1.19. The normalized spacial score (nSPS) is 21.6. The lowest BCUT2D eigenvalue weighted by Gasteiger charge is -2.32. The third-order valence-electron chi connectivity index (χ3n) is 3.22. The van der Waals surface area contributed by atoms with E-state index in [0.717, 1.165) is 37.3 Å². The molecule has 0 amide bonds. The molecule has 0 unspecified atom stereocenters. The van der Waals surface area contributed by atoms with Gasteiger partial charge in [0.1, 0.15) is 0 Å². The van der Waals surface area contributed by atoms with Gasteiger partial charge in [0.2, 0.25) is 0 Å². The first kappa shape index (κ1) is 12.3. The highest BCUT2D eigenvalue weighted by atomic mass is 19.4. The first-order valence-electron chi connectivity index (χ1n) is 5.89. The van der Waals surface area contributed by atoms with E-state index in [1.807, 2.05) is 0 Å². The summed E-state index contributed by atoms with van der Waals surface area (Å²) >= 11 is 0. The highest BCUT2D eigenvalue weighted by molar-refractivity contribution is 5.48. The summed E-state index contributed by atoms with van der Waals surface area (Å²) in [5.41, 5.74) is 0.316. The van der Waals surface area contributed by atoms with Crippen LogP contribution >= 0.6 is 0 Å². The molecular weight excluding hydrogens is 227 g/mol. The molecule has 1 aromatic rings. The third-order valence-corrected chi connectivity index (χ3v) is 3.22. The average Bonchev–Trinajstić information content (AvgIpc) is 2.28. The first-order chi connectivity index (χ1) is 7.97. The van der Waals surface area contributed by atoms with Crippen molar-refractivity contribution in [2.45, 2.75) is 25.9 Å². The Morgan fingerprint density at radius 3 is 2.35 bits per heavy atom. The first-order valence-corrected chi connectivity index (χ1v) is 5.89. The van der Waals surface area contributed by atoms with Crippen LogP contribution in [-0.2, 0) is 6.18 Å². The molecule has 1 saturated heterocycles. The zero-order chi connectivity index (χ0) is 12.5. The molecule has 4 heteroatoms. The highest BCUT2D eigenvalue weighted by Crippen LogP contribution is 2.31. The van der Waals surface area contributed by atoms with Gasteiger partial charge in [-0.1, -0.05) is 6.92 Å². The molecule has 1 heterocycles. The van der Waals surface area contributed by atoms with E-state index in [0.29, 0.717) is 5.92 Å². The van der Waals surface area contributed by atoms with Crippen LogP contribution < -0.4 is 4.90 Å². The average molecular weight is 243 g/mol. The number of anilines is 1. The molecule has 1 aliphatic rings. The summed E-state index contributed by atoms with van der Waals surface area (Å²) in [5, 5.41) is 0. The lowest BCUT2D eigenvalue weighted by atomic mass is 9.99. The summed E-state index contributed by atoms with van der Waals surface area (Å²) in [6.45, 7) is 4.05. The molecule has 2 rings (SSSR count). The SMILES string of the molecule is C[C@@H]1CCCN(c2ccc(C(F)(F)F)cc2)C1. The number of benzene rings is 1. The van der Waals surface area contributed by atoms with Crippen molar-refractivity contribution < 1.29 is 13.2 Å². The fraction of sp³-hybridized carbons (Fsp3) is 0.538. The number of rotatable bonds is 1. The van der Waals surface area contributed by atoms with Gasteiger partial charge in [0.05, 0.1) is 5.56 Å². The maximum atomic E-state index is 12.4. The lowest BCUT2D eigenvalue weighted by Crippen LogP contribution is -2.34. The van der Waals surface area contributed by atoms with E-state index in [9.17, 15) is 13.2 Å². The van der Waals surface area contributed by atoms with Gasteiger partial charge in [-0.05, 0) is 43.0 Å². The Morgan fingerprint density at radius 2 is 1.82 bits per heavy atom. The lowest BCUT2D eigenvalue weighted by molar-refractivity contribution is -0.137. The van der Waals surface area contributed by atoms with Gasteiger partial charge in [-0.3, -0.25) is 0 Å². The topological polar surface area (TPSA) is 3.24 Å². The molecule has 17 heavy (non-hydrogen) atoms. The molecule has 94 valence electrons. The molecule has 1 nitrogen and oxygen atoms in total. The molecular formula is C13H16F3N. The molecule has 0 spiro atoms. The Bertz CT molecular complexity index is 369. The largest absolute Gasteiger partial charge is 0.416 e. The molecule has 0 saturated carbocycles. The molecule has 0 aliphatic carbocycles. The Balaban J connectivity index is 2.12. The van der Waals surface area contributed by atoms with Crippen molar-refractivity contribution in [1.82, 2.24) is 0 Å². The molecule has 1 aliphatic heterocycles. The van der Waals surface area contributed by atoms with E-state index in [1.54, 1.807) is 12.1 Å². The van der Waals surface area contributed by atoms with Crippen molar-refractivity contribution >= 4 is 5.69 Å². The fourth-order valence-corrected chi connectivity index (χ4v) is 2.29. The number of halogens is 3. The van der Waals surface area contributed by atoms with Gasteiger partial charge in [0, 0.05) is 18.8 Å². The number of nitrogens with zero attached hydrogens (tertiary/aromatic N) is 1. The summed E-state index contributed by atoms with van der Waals surface area (Å²) in [6, 6.07) is 5.46. The van der Waals surface area contributed by atoms with Crippen LogP contribution in [0.3, 0.4) is 0 Å². The monoisotopic (exact) mass is 243 g/mol. The fourth-order valence-electron chi connectivity index (χ4n) is 2.29. The van der Waals surface area contributed by atoms with Gasteiger partial charge in [0.15, 0.2) is 0 Å². The highest BCUT2D eigenvalue weighted by Gasteiger charge is 2.30. The predicted octanol–water partition coefficient (Wildman–Crippen LogP) is 3.94. The second-order valence-corrected chi connectivity index (χ2v) is 4.74. The van der Waals surface area contributed by atoms with Crippen LogP contribution in [0.2, 0.25) is 0 Å². The summed E-state index contributed by atoms with van der Waals surface area (Å²) < 4.78 is 37.2. The molecule has 1 fully saturated rings. The van der Waals surface area contributed by atoms with E-state index >= 15 is 0 Å². The summed E-state index contributed by atoms with van der Waals surface area (Å²) in [7, 11) is 0. The maximum Gasteiger partial charge on any atom is 0.416 e. The molecule has 0 radical (unpaired) electrons. The van der Waals surface area contributed by atoms with Gasteiger partial charge in [-0.25, -0.2) is 0 Å². The molecule has 1 aromatic carbocycles. The minimum atomic E-state index is -4.24. The van der Waals surface area contributed by atoms with Crippen LogP contribution in [0.5, 0.6) is 0 Å². The van der Waals surface area contributed by atoms with E-state index in [1.165, 1.54) is 6.42 Å². The van der Waals surface area contributed by atoms with Crippen LogP contribution in [0, 0.1) is 5.92 Å². The molecule has 0 N–H and O–H groups in total. The summed E-state index contributed by atoms with van der Waals surface area (Å²) in [4.78, 5) is 2.16. The number of hydrogen-bond acceptors (Lipinski definition) is 1. The number of piperidine rings is 1.